The van der Waals surface area contributed by atoms with Crippen LogP contribution < -0.4 is 10.6 Å². The minimum atomic E-state index is -0.0771. The van der Waals surface area contributed by atoms with Gasteiger partial charge in [0.1, 0.15) is 5.03 Å². The maximum absolute atomic E-state index is 12.5. The Morgan fingerprint density at radius 3 is 2.96 bits per heavy atom. The number of hydrogen-bond donors (Lipinski definition) is 3. The van der Waals surface area contributed by atoms with Gasteiger partial charge >= 0.3 is 0 Å². The van der Waals surface area contributed by atoms with Crippen molar-refractivity contribution in [1.82, 2.24) is 20.7 Å². The quantitative estimate of drug-likeness (QED) is 0.417. The van der Waals surface area contributed by atoms with Crippen molar-refractivity contribution in [3.05, 3.63) is 57.9 Å². The summed E-state index contributed by atoms with van der Waals surface area (Å²) < 4.78 is 0. The molecule has 3 aromatic rings. The molecule has 0 spiro atoms. The van der Waals surface area contributed by atoms with Crippen LogP contribution in [0.15, 0.2) is 46.9 Å². The van der Waals surface area contributed by atoms with Gasteiger partial charge in [0.05, 0.1) is 11.8 Å². The van der Waals surface area contributed by atoms with Gasteiger partial charge in [-0.15, -0.1) is 28.2 Å². The van der Waals surface area contributed by atoms with E-state index in [0.717, 1.165) is 23.0 Å². The van der Waals surface area contributed by atoms with Crippen LogP contribution in [0.4, 0.5) is 5.69 Å². The summed E-state index contributed by atoms with van der Waals surface area (Å²) in [4.78, 5) is 13.7. The summed E-state index contributed by atoms with van der Waals surface area (Å²) in [5.74, 6) is 0.661. The zero-order chi connectivity index (χ0) is 17.5. The lowest BCUT2D eigenvalue weighted by Crippen LogP contribution is -2.26. The summed E-state index contributed by atoms with van der Waals surface area (Å²) in [6.07, 6.45) is 1.66. The van der Waals surface area contributed by atoms with E-state index >= 15 is 0 Å². The number of thiophene rings is 1. The Kier molecular flexibility index (Phi) is 6.08. The Morgan fingerprint density at radius 2 is 2.20 bits per heavy atom. The Bertz CT molecular complexity index is 816. The van der Waals surface area contributed by atoms with Gasteiger partial charge < -0.3 is 10.6 Å². The SMILES string of the molecule is Cc1ccsc1CNc1ccccc1C(=O)NCCSc1cn[nH]n1. The molecule has 6 nitrogen and oxygen atoms in total. The smallest absolute Gasteiger partial charge is 0.253 e. The molecule has 0 saturated heterocycles. The zero-order valence-electron chi connectivity index (χ0n) is 13.8. The highest BCUT2D eigenvalue weighted by molar-refractivity contribution is 7.99. The number of nitrogens with zero attached hydrogens (tertiary/aromatic N) is 2. The van der Waals surface area contributed by atoms with E-state index < -0.39 is 0 Å². The first-order valence-corrected chi connectivity index (χ1v) is 9.73. The number of carbonyl (C=O) groups excluding carboxylic acids is 1. The average molecular weight is 374 g/mol. The monoisotopic (exact) mass is 373 g/mol. The number of amides is 1. The van der Waals surface area contributed by atoms with Gasteiger partial charge in [-0.2, -0.15) is 10.3 Å². The fraction of sp³-hybridized carbons (Fsp3) is 0.235. The van der Waals surface area contributed by atoms with Crippen molar-refractivity contribution in [1.29, 1.82) is 0 Å². The molecule has 0 radical (unpaired) electrons. The van der Waals surface area contributed by atoms with Gasteiger partial charge in [0.25, 0.3) is 5.91 Å². The van der Waals surface area contributed by atoms with Gasteiger partial charge in [0.15, 0.2) is 0 Å². The number of anilines is 1. The lowest BCUT2D eigenvalue weighted by Gasteiger charge is -2.12. The second-order valence-electron chi connectivity index (χ2n) is 5.34. The van der Waals surface area contributed by atoms with Crippen LogP contribution in [0.2, 0.25) is 0 Å². The van der Waals surface area contributed by atoms with E-state index in [4.69, 9.17) is 0 Å². The van der Waals surface area contributed by atoms with Gasteiger partial charge in [-0.3, -0.25) is 4.79 Å². The number of nitrogens with one attached hydrogen (secondary N) is 3. The molecule has 0 unspecified atom stereocenters. The molecule has 0 aliphatic carbocycles. The number of hydrogen-bond acceptors (Lipinski definition) is 6. The number of H-pyrrole nitrogens is 1. The number of aromatic amines is 1. The van der Waals surface area contributed by atoms with Gasteiger partial charge in [-0.25, -0.2) is 0 Å². The fourth-order valence-corrected chi connectivity index (χ4v) is 3.76. The summed E-state index contributed by atoms with van der Waals surface area (Å²) >= 11 is 3.26. The van der Waals surface area contributed by atoms with Crippen LogP contribution in [0, 0.1) is 6.92 Å². The van der Waals surface area contributed by atoms with Crippen LogP contribution in [0.25, 0.3) is 0 Å². The average Bonchev–Trinajstić information content (AvgIpc) is 3.28. The van der Waals surface area contributed by atoms with Crippen LogP contribution in [0.3, 0.4) is 0 Å². The molecule has 1 amide bonds. The number of para-hydroxylation sites is 1. The Hall–Kier alpha value is -2.32. The topological polar surface area (TPSA) is 82.7 Å². The standard InChI is InChI=1S/C17H19N5OS2/c1-12-6-8-24-15(12)10-19-14-5-3-2-4-13(14)17(23)18-7-9-25-16-11-20-22-21-16/h2-6,8,11,19H,7,9-10H2,1H3,(H,18,23)(H,20,21,22). The molecule has 3 N–H and O–H groups in total. The molecule has 0 aliphatic rings. The highest BCUT2D eigenvalue weighted by atomic mass is 32.2. The molecule has 3 rings (SSSR count). The third kappa shape index (κ3) is 4.83. The third-order valence-electron chi connectivity index (χ3n) is 3.61. The summed E-state index contributed by atoms with van der Waals surface area (Å²) in [5, 5.41) is 19.5. The lowest BCUT2D eigenvalue weighted by molar-refractivity contribution is 0.0957. The van der Waals surface area contributed by atoms with E-state index in [2.05, 4.69) is 44.4 Å². The van der Waals surface area contributed by atoms with Crippen molar-refractivity contribution in [2.24, 2.45) is 0 Å². The molecule has 0 aliphatic heterocycles. The summed E-state index contributed by atoms with van der Waals surface area (Å²) in [6, 6.07) is 9.68. The van der Waals surface area contributed by atoms with Gasteiger partial charge in [0.2, 0.25) is 0 Å². The highest BCUT2D eigenvalue weighted by Crippen LogP contribution is 2.20. The van der Waals surface area contributed by atoms with Crippen LogP contribution in [0.5, 0.6) is 0 Å². The molecule has 2 aromatic heterocycles. The molecular weight excluding hydrogens is 354 g/mol. The van der Waals surface area contributed by atoms with Crippen LogP contribution in [0.1, 0.15) is 20.8 Å². The van der Waals surface area contributed by atoms with E-state index in [1.54, 1.807) is 29.3 Å². The minimum Gasteiger partial charge on any atom is -0.379 e. The molecule has 25 heavy (non-hydrogen) atoms. The van der Waals surface area contributed by atoms with Crippen molar-refractivity contribution in [3.8, 4) is 0 Å². The normalized spacial score (nSPS) is 10.6. The molecule has 130 valence electrons. The summed E-state index contributed by atoms with van der Waals surface area (Å²) in [6.45, 7) is 3.38. The number of carbonyl (C=O) groups is 1. The first-order chi connectivity index (χ1) is 12.2. The third-order valence-corrected chi connectivity index (χ3v) is 5.53. The Morgan fingerprint density at radius 1 is 1.32 bits per heavy atom. The van der Waals surface area contributed by atoms with Crippen molar-refractivity contribution in [3.63, 3.8) is 0 Å². The Balaban J connectivity index is 1.54. The molecule has 0 bridgehead atoms. The number of thioether (sulfide) groups is 1. The van der Waals surface area contributed by atoms with Crippen LogP contribution in [-0.2, 0) is 6.54 Å². The second-order valence-corrected chi connectivity index (χ2v) is 7.45. The van der Waals surface area contributed by atoms with Gasteiger partial charge in [-0.1, -0.05) is 12.1 Å². The second kappa shape index (κ2) is 8.68. The maximum Gasteiger partial charge on any atom is 0.253 e. The van der Waals surface area contributed by atoms with Gasteiger partial charge in [0, 0.05) is 29.4 Å². The van der Waals surface area contributed by atoms with Crippen molar-refractivity contribution >= 4 is 34.7 Å². The molecule has 0 fully saturated rings. The van der Waals surface area contributed by atoms with Crippen molar-refractivity contribution in [2.45, 2.75) is 18.5 Å². The molecule has 0 saturated carbocycles. The summed E-state index contributed by atoms with van der Waals surface area (Å²) in [7, 11) is 0. The summed E-state index contributed by atoms with van der Waals surface area (Å²) in [5.41, 5.74) is 2.77. The lowest BCUT2D eigenvalue weighted by atomic mass is 10.1. The first-order valence-electron chi connectivity index (χ1n) is 7.86. The van der Waals surface area contributed by atoms with Crippen LogP contribution in [-0.4, -0.2) is 33.6 Å². The number of aromatic nitrogens is 3. The fourth-order valence-electron chi connectivity index (χ4n) is 2.27. The molecular formula is C17H19N5OS2. The van der Waals surface area contributed by atoms with Crippen molar-refractivity contribution in [2.75, 3.05) is 17.6 Å². The number of aryl methyl sites for hydroxylation is 1. The van der Waals surface area contributed by atoms with E-state index in [9.17, 15) is 4.79 Å². The number of rotatable bonds is 8. The largest absolute Gasteiger partial charge is 0.379 e. The maximum atomic E-state index is 12.5. The van der Waals surface area contributed by atoms with Crippen molar-refractivity contribution < 1.29 is 4.79 Å². The van der Waals surface area contributed by atoms with E-state index in [0.29, 0.717) is 12.1 Å². The minimum absolute atomic E-state index is 0.0771. The highest BCUT2D eigenvalue weighted by Gasteiger charge is 2.11. The van der Waals surface area contributed by atoms with E-state index in [1.807, 2.05) is 24.3 Å². The predicted octanol–water partition coefficient (Wildman–Crippen LogP) is 3.31. The molecule has 2 heterocycles. The predicted molar refractivity (Wildman–Crippen MR) is 102 cm³/mol. The van der Waals surface area contributed by atoms with E-state index in [1.165, 1.54) is 10.4 Å². The van der Waals surface area contributed by atoms with Crippen LogP contribution >= 0.6 is 23.1 Å². The molecule has 8 heteroatoms. The first kappa shape index (κ1) is 17.5. The zero-order valence-corrected chi connectivity index (χ0v) is 15.4. The Labute approximate surface area is 154 Å². The van der Waals surface area contributed by atoms with Gasteiger partial charge in [-0.05, 0) is 36.1 Å². The number of benzene rings is 1. The molecule has 1 aromatic carbocycles. The molecule has 0 atom stereocenters. The van der Waals surface area contributed by atoms with E-state index in [-0.39, 0.29) is 5.91 Å².